The number of rotatable bonds is 4. The molecule has 4 nitrogen and oxygen atoms in total. The second-order valence-corrected chi connectivity index (χ2v) is 5.54. The van der Waals surface area contributed by atoms with Gasteiger partial charge in [-0.3, -0.25) is 4.79 Å². The van der Waals surface area contributed by atoms with Gasteiger partial charge in [-0.2, -0.15) is 0 Å². The SMILES string of the molecule is C[13CH2]C1c2ccccc2CC1C(=O)OC(=O)C=CN(C)C. The maximum Gasteiger partial charge on any atom is 0.339 e. The molecule has 0 aliphatic heterocycles. The predicted molar refractivity (Wildman–Crippen MR) is 80.6 cm³/mol. The van der Waals surface area contributed by atoms with E-state index in [-0.39, 0.29) is 11.8 Å². The maximum absolute atomic E-state index is 12.2. The number of carbonyl (C=O) groups is 2. The summed E-state index contributed by atoms with van der Waals surface area (Å²) in [6.45, 7) is 2.06. The Hall–Kier alpha value is -2.10. The summed E-state index contributed by atoms with van der Waals surface area (Å²) in [7, 11) is 3.60. The van der Waals surface area contributed by atoms with Crippen LogP contribution in [0.25, 0.3) is 0 Å². The summed E-state index contributed by atoms with van der Waals surface area (Å²) in [5.74, 6) is -1.16. The van der Waals surface area contributed by atoms with Crippen LogP contribution in [0, 0.1) is 5.92 Å². The van der Waals surface area contributed by atoms with Crippen molar-refractivity contribution in [1.82, 2.24) is 4.90 Å². The van der Waals surface area contributed by atoms with Gasteiger partial charge in [0.25, 0.3) is 0 Å². The summed E-state index contributed by atoms with van der Waals surface area (Å²) in [6, 6.07) is 8.06. The molecule has 4 heteroatoms. The Bertz CT molecular complexity index is 563. The van der Waals surface area contributed by atoms with Crippen molar-refractivity contribution in [1.29, 1.82) is 0 Å². The first kappa shape index (κ1) is 15.3. The minimum atomic E-state index is -0.612. The number of hydrogen-bond acceptors (Lipinski definition) is 4. The fourth-order valence-corrected chi connectivity index (χ4v) is 2.85. The summed E-state index contributed by atoms with van der Waals surface area (Å²) in [5.41, 5.74) is 2.39. The van der Waals surface area contributed by atoms with E-state index in [1.54, 1.807) is 25.2 Å². The lowest BCUT2D eigenvalue weighted by Crippen LogP contribution is -2.24. The highest BCUT2D eigenvalue weighted by molar-refractivity contribution is 5.93. The van der Waals surface area contributed by atoms with Gasteiger partial charge < -0.3 is 9.64 Å². The topological polar surface area (TPSA) is 46.6 Å². The molecule has 21 heavy (non-hydrogen) atoms. The van der Waals surface area contributed by atoms with Gasteiger partial charge in [0.1, 0.15) is 0 Å². The average Bonchev–Trinajstić information content (AvgIpc) is 2.83. The molecule has 1 aliphatic carbocycles. The molecule has 1 aliphatic rings. The zero-order chi connectivity index (χ0) is 15.4. The molecule has 0 radical (unpaired) electrons. The van der Waals surface area contributed by atoms with Gasteiger partial charge in [-0.1, -0.05) is 31.2 Å². The second-order valence-electron chi connectivity index (χ2n) is 5.54. The monoisotopic (exact) mass is 288 g/mol. The largest absolute Gasteiger partial charge is 0.390 e. The van der Waals surface area contributed by atoms with Crippen molar-refractivity contribution >= 4 is 11.9 Å². The van der Waals surface area contributed by atoms with E-state index in [1.165, 1.54) is 17.2 Å². The minimum Gasteiger partial charge on any atom is -0.390 e. The molecule has 1 aromatic carbocycles. The molecular weight excluding hydrogens is 267 g/mol. The summed E-state index contributed by atoms with van der Waals surface area (Å²) in [5, 5.41) is 0. The van der Waals surface area contributed by atoms with Crippen molar-refractivity contribution in [2.75, 3.05) is 14.1 Å². The smallest absolute Gasteiger partial charge is 0.339 e. The number of ether oxygens (including phenoxy) is 1. The third-order valence-electron chi connectivity index (χ3n) is 3.83. The Morgan fingerprint density at radius 2 is 2.05 bits per heavy atom. The maximum atomic E-state index is 12.2. The Morgan fingerprint density at radius 3 is 2.71 bits per heavy atom. The van der Waals surface area contributed by atoms with Crippen LogP contribution >= 0.6 is 0 Å². The fourth-order valence-electron chi connectivity index (χ4n) is 2.85. The van der Waals surface area contributed by atoms with Crippen LogP contribution < -0.4 is 0 Å². The normalized spacial score (nSPS) is 20.3. The van der Waals surface area contributed by atoms with Crippen LogP contribution in [-0.2, 0) is 20.7 Å². The van der Waals surface area contributed by atoms with E-state index in [9.17, 15) is 9.59 Å². The number of carbonyl (C=O) groups excluding carboxylic acids is 2. The van der Waals surface area contributed by atoms with E-state index in [2.05, 4.69) is 13.0 Å². The Morgan fingerprint density at radius 1 is 1.33 bits per heavy atom. The van der Waals surface area contributed by atoms with Crippen molar-refractivity contribution in [2.45, 2.75) is 25.7 Å². The average molecular weight is 288 g/mol. The highest BCUT2D eigenvalue weighted by Crippen LogP contribution is 2.40. The molecule has 0 saturated carbocycles. The quantitative estimate of drug-likeness (QED) is 0.370. The number of hydrogen-bond donors (Lipinski definition) is 0. The zero-order valence-electron chi connectivity index (χ0n) is 12.7. The molecule has 0 heterocycles. The van der Waals surface area contributed by atoms with Crippen LogP contribution in [0.3, 0.4) is 0 Å². The van der Waals surface area contributed by atoms with E-state index in [4.69, 9.17) is 4.74 Å². The van der Waals surface area contributed by atoms with E-state index in [0.717, 1.165) is 6.42 Å². The van der Waals surface area contributed by atoms with Crippen LogP contribution in [0.1, 0.15) is 30.4 Å². The van der Waals surface area contributed by atoms with Crippen LogP contribution in [0.2, 0.25) is 0 Å². The number of fused-ring (bicyclic) bond motifs is 1. The van der Waals surface area contributed by atoms with Crippen molar-refractivity contribution in [3.05, 3.63) is 47.7 Å². The van der Waals surface area contributed by atoms with Gasteiger partial charge in [0.15, 0.2) is 0 Å². The first-order valence-electron chi connectivity index (χ1n) is 7.21. The molecule has 1 aromatic rings. The lowest BCUT2D eigenvalue weighted by Gasteiger charge is -2.16. The van der Waals surface area contributed by atoms with Gasteiger partial charge >= 0.3 is 11.9 Å². The summed E-state index contributed by atoms with van der Waals surface area (Å²) < 4.78 is 4.96. The highest BCUT2D eigenvalue weighted by Gasteiger charge is 2.37. The first-order chi connectivity index (χ1) is 10.0. The highest BCUT2D eigenvalue weighted by atomic mass is 16.6. The molecule has 2 rings (SSSR count). The summed E-state index contributed by atoms with van der Waals surface area (Å²) >= 11 is 0. The molecule has 2 atom stereocenters. The molecule has 0 N–H and O–H groups in total. The van der Waals surface area contributed by atoms with Crippen molar-refractivity contribution in [2.24, 2.45) is 5.92 Å². The molecule has 0 amide bonds. The van der Waals surface area contributed by atoms with Gasteiger partial charge in [0.2, 0.25) is 0 Å². The number of benzene rings is 1. The molecule has 0 fully saturated rings. The third kappa shape index (κ3) is 3.51. The molecule has 0 saturated heterocycles. The van der Waals surface area contributed by atoms with Gasteiger partial charge in [-0.05, 0) is 29.9 Å². The molecule has 112 valence electrons. The lowest BCUT2D eigenvalue weighted by atomic mass is 9.98. The number of nitrogens with zero attached hydrogens (tertiary/aromatic N) is 1. The Labute approximate surface area is 125 Å². The Balaban J connectivity index is 2.06. The van der Waals surface area contributed by atoms with Crippen LogP contribution in [0.15, 0.2) is 36.5 Å². The Kier molecular flexibility index (Phi) is 4.78. The zero-order valence-corrected chi connectivity index (χ0v) is 12.7. The van der Waals surface area contributed by atoms with Crippen LogP contribution in [0.4, 0.5) is 0 Å². The van der Waals surface area contributed by atoms with E-state index < -0.39 is 11.9 Å². The van der Waals surface area contributed by atoms with Crippen molar-refractivity contribution in [3.8, 4) is 0 Å². The number of esters is 2. The van der Waals surface area contributed by atoms with Crippen LogP contribution in [0.5, 0.6) is 0 Å². The van der Waals surface area contributed by atoms with Crippen molar-refractivity contribution in [3.63, 3.8) is 0 Å². The second kappa shape index (κ2) is 6.57. The third-order valence-corrected chi connectivity index (χ3v) is 3.83. The van der Waals surface area contributed by atoms with Crippen LogP contribution in [-0.4, -0.2) is 30.9 Å². The summed E-state index contributed by atoms with van der Waals surface area (Å²) in [6.07, 6.45) is 4.34. The molecule has 0 aromatic heterocycles. The van der Waals surface area contributed by atoms with Gasteiger partial charge in [-0.25, -0.2) is 4.79 Å². The van der Waals surface area contributed by atoms with Gasteiger partial charge in [0, 0.05) is 26.4 Å². The van der Waals surface area contributed by atoms with E-state index in [1.807, 2.05) is 18.2 Å². The molecular formula is C17H21NO3. The standard InChI is InChI=1S/C17H21NO3/c1-4-13-14-8-6-5-7-12(14)11-15(13)17(20)21-16(19)9-10-18(2)3/h5-10,13,15H,4,11H2,1-3H3/i4+1. The molecule has 2 unspecified atom stereocenters. The predicted octanol–water partition coefficient (Wildman–Crippen LogP) is 2.50. The molecule has 0 bridgehead atoms. The minimum absolute atomic E-state index is 0.138. The van der Waals surface area contributed by atoms with Gasteiger partial charge in [-0.15, -0.1) is 0 Å². The van der Waals surface area contributed by atoms with Gasteiger partial charge in [0.05, 0.1) is 5.92 Å². The van der Waals surface area contributed by atoms with E-state index in [0.29, 0.717) is 6.42 Å². The van der Waals surface area contributed by atoms with Crippen molar-refractivity contribution < 1.29 is 14.3 Å². The fraction of sp³-hybridized carbons (Fsp3) is 0.412. The summed E-state index contributed by atoms with van der Waals surface area (Å²) in [4.78, 5) is 25.6. The van der Waals surface area contributed by atoms with E-state index >= 15 is 0 Å². The lowest BCUT2D eigenvalue weighted by molar-refractivity contribution is -0.159. The first-order valence-corrected chi connectivity index (χ1v) is 7.21. The molecule has 0 spiro atoms.